The molecule has 0 bridgehead atoms. The average Bonchev–Trinajstić information content (AvgIpc) is 3.87. The molecule has 12 rings (SSSR count). The fourth-order valence-corrected chi connectivity index (χ4v) is 10.1. The van der Waals surface area contributed by atoms with Crippen molar-refractivity contribution in [3.63, 3.8) is 0 Å². The van der Waals surface area contributed by atoms with Crippen molar-refractivity contribution in [2.45, 2.75) is 5.41 Å². The van der Waals surface area contributed by atoms with Gasteiger partial charge in [0.15, 0.2) is 0 Å². The van der Waals surface area contributed by atoms with Gasteiger partial charge in [-0.1, -0.05) is 200 Å². The van der Waals surface area contributed by atoms with Crippen molar-refractivity contribution in [3.8, 4) is 33.4 Å². The van der Waals surface area contributed by atoms with E-state index in [9.17, 15) is 0 Å². The van der Waals surface area contributed by atoms with Crippen LogP contribution in [0.5, 0.6) is 0 Å². The molecule has 2 heteroatoms. The highest BCUT2D eigenvalue weighted by atomic mass is 16.3. The Labute approximate surface area is 355 Å². The Balaban J connectivity index is 1.07. The second-order valence-electron chi connectivity index (χ2n) is 16.0. The molecule has 0 spiro atoms. The summed E-state index contributed by atoms with van der Waals surface area (Å²) < 4.78 is 6.78. The van der Waals surface area contributed by atoms with Crippen LogP contribution in [0.4, 0.5) is 17.1 Å². The summed E-state index contributed by atoms with van der Waals surface area (Å²) in [5, 5.41) is 4.57. The molecule has 10 aromatic carbocycles. The molecule has 0 aliphatic heterocycles. The van der Waals surface area contributed by atoms with Gasteiger partial charge in [-0.25, -0.2) is 0 Å². The molecule has 0 N–H and O–H groups in total. The minimum atomic E-state index is -0.518. The summed E-state index contributed by atoms with van der Waals surface area (Å²) in [5.41, 5.74) is 16.7. The van der Waals surface area contributed by atoms with Crippen molar-refractivity contribution in [2.24, 2.45) is 0 Å². The summed E-state index contributed by atoms with van der Waals surface area (Å²) in [6.45, 7) is 0. The van der Waals surface area contributed by atoms with Crippen LogP contribution in [0, 0.1) is 0 Å². The molecule has 0 saturated carbocycles. The second-order valence-corrected chi connectivity index (χ2v) is 16.0. The number of hydrogen-bond donors (Lipinski definition) is 0. The van der Waals surface area contributed by atoms with Crippen LogP contribution in [0.2, 0.25) is 0 Å². The number of hydrogen-bond acceptors (Lipinski definition) is 2. The van der Waals surface area contributed by atoms with Crippen molar-refractivity contribution >= 4 is 49.8 Å². The Kier molecular flexibility index (Phi) is 8.11. The predicted molar refractivity (Wildman–Crippen MR) is 254 cm³/mol. The normalized spacial score (nSPS) is 12.7. The van der Waals surface area contributed by atoms with Crippen LogP contribution in [0.15, 0.2) is 241 Å². The zero-order valence-electron chi connectivity index (χ0n) is 33.4. The van der Waals surface area contributed by atoms with Gasteiger partial charge in [0.05, 0.1) is 11.1 Å². The van der Waals surface area contributed by atoms with E-state index in [2.05, 4.69) is 241 Å². The molecule has 1 heterocycles. The van der Waals surface area contributed by atoms with E-state index < -0.39 is 5.41 Å². The van der Waals surface area contributed by atoms with E-state index in [0.717, 1.165) is 61.1 Å². The molecule has 11 aromatic rings. The Bertz CT molecular complexity index is 3360. The van der Waals surface area contributed by atoms with Gasteiger partial charge in [-0.05, 0) is 86.3 Å². The van der Waals surface area contributed by atoms with Crippen LogP contribution in [0.3, 0.4) is 0 Å². The highest BCUT2D eigenvalue weighted by Gasteiger charge is 2.46. The van der Waals surface area contributed by atoms with Crippen molar-refractivity contribution in [3.05, 3.63) is 259 Å². The maximum atomic E-state index is 6.78. The first-order valence-corrected chi connectivity index (χ1v) is 21.0. The Morgan fingerprint density at radius 3 is 1.66 bits per heavy atom. The molecule has 0 unspecified atom stereocenters. The van der Waals surface area contributed by atoms with E-state index in [1.165, 1.54) is 44.3 Å². The van der Waals surface area contributed by atoms with Crippen molar-refractivity contribution in [1.82, 2.24) is 0 Å². The van der Waals surface area contributed by atoms with E-state index in [0.29, 0.717) is 0 Å². The standard InChI is InChI=1S/C59H39NO/c1-4-17-40(18-5-1)47-24-13-15-30-56(47)60(45-34-31-42(32-35-45)49-27-16-28-52-53-37-33-41-19-10-11-25-48(41)58(53)61-57(49)52)46-36-38-51-50-26-12-14-29-54(50)59(55(51)39-46,43-20-6-2-7-21-43)44-22-8-3-9-23-44/h1-39H. The quantitative estimate of drug-likeness (QED) is 0.160. The molecule has 286 valence electrons. The number of rotatable bonds is 7. The molecule has 0 radical (unpaired) electrons. The first-order chi connectivity index (χ1) is 30.3. The Morgan fingerprint density at radius 2 is 0.885 bits per heavy atom. The van der Waals surface area contributed by atoms with E-state index in [1.54, 1.807) is 0 Å². The Hall–Kier alpha value is -7.94. The lowest BCUT2D eigenvalue weighted by Gasteiger charge is -2.35. The smallest absolute Gasteiger partial charge is 0.143 e. The summed E-state index contributed by atoms with van der Waals surface area (Å²) in [5.74, 6) is 0. The SMILES string of the molecule is c1ccc(-c2ccccc2N(c2ccc(-c3cccc4c3oc3c5ccccc5ccc43)cc2)c2ccc3c(c2)C(c2ccccc2)(c2ccccc2)c2ccccc2-3)cc1. The van der Waals surface area contributed by atoms with Gasteiger partial charge < -0.3 is 9.32 Å². The molecule has 0 saturated heterocycles. The van der Waals surface area contributed by atoms with Gasteiger partial charge in [0.25, 0.3) is 0 Å². The van der Waals surface area contributed by atoms with E-state index in [1.807, 2.05) is 0 Å². The first kappa shape index (κ1) is 35.0. The number of para-hydroxylation sites is 2. The van der Waals surface area contributed by atoms with E-state index in [-0.39, 0.29) is 0 Å². The number of nitrogens with zero attached hydrogens (tertiary/aromatic N) is 1. The maximum Gasteiger partial charge on any atom is 0.143 e. The maximum absolute atomic E-state index is 6.78. The highest BCUT2D eigenvalue weighted by molar-refractivity contribution is 6.17. The molecule has 1 aliphatic rings. The molecular weight excluding hydrogens is 739 g/mol. The van der Waals surface area contributed by atoms with Gasteiger partial charge in [-0.2, -0.15) is 0 Å². The van der Waals surface area contributed by atoms with Crippen molar-refractivity contribution in [2.75, 3.05) is 4.90 Å². The average molecular weight is 778 g/mol. The molecule has 1 aliphatic carbocycles. The first-order valence-electron chi connectivity index (χ1n) is 21.0. The molecule has 2 nitrogen and oxygen atoms in total. The zero-order chi connectivity index (χ0) is 40.3. The summed E-state index contributed by atoms with van der Waals surface area (Å²) in [6, 6.07) is 86.0. The topological polar surface area (TPSA) is 16.4 Å². The van der Waals surface area contributed by atoms with Crippen LogP contribution >= 0.6 is 0 Å². The van der Waals surface area contributed by atoms with Gasteiger partial charge >= 0.3 is 0 Å². The van der Waals surface area contributed by atoms with Gasteiger partial charge in [0.1, 0.15) is 11.2 Å². The van der Waals surface area contributed by atoms with Crippen LogP contribution in [-0.4, -0.2) is 0 Å². The van der Waals surface area contributed by atoms with Crippen LogP contribution in [0.25, 0.3) is 66.1 Å². The number of benzene rings is 10. The third-order valence-corrected chi connectivity index (χ3v) is 12.8. The summed E-state index contributed by atoms with van der Waals surface area (Å²) >= 11 is 0. The fraction of sp³-hybridized carbons (Fsp3) is 0.0169. The summed E-state index contributed by atoms with van der Waals surface area (Å²) in [6.07, 6.45) is 0. The van der Waals surface area contributed by atoms with Gasteiger partial charge in [-0.15, -0.1) is 0 Å². The minimum Gasteiger partial charge on any atom is -0.455 e. The molecule has 0 amide bonds. The number of furan rings is 1. The minimum absolute atomic E-state index is 0.518. The lowest BCUT2D eigenvalue weighted by Crippen LogP contribution is -2.28. The lowest BCUT2D eigenvalue weighted by molar-refractivity contribution is 0.674. The summed E-state index contributed by atoms with van der Waals surface area (Å²) in [4.78, 5) is 2.43. The van der Waals surface area contributed by atoms with Crippen LogP contribution in [-0.2, 0) is 5.41 Å². The van der Waals surface area contributed by atoms with Crippen LogP contribution in [0.1, 0.15) is 22.3 Å². The van der Waals surface area contributed by atoms with Crippen molar-refractivity contribution in [1.29, 1.82) is 0 Å². The van der Waals surface area contributed by atoms with E-state index >= 15 is 0 Å². The Morgan fingerprint density at radius 1 is 0.328 bits per heavy atom. The molecule has 61 heavy (non-hydrogen) atoms. The third-order valence-electron chi connectivity index (χ3n) is 12.8. The van der Waals surface area contributed by atoms with Gasteiger partial charge in [0.2, 0.25) is 0 Å². The fourth-order valence-electron chi connectivity index (χ4n) is 10.1. The predicted octanol–water partition coefficient (Wildman–Crippen LogP) is 15.9. The second kappa shape index (κ2) is 14.1. The highest BCUT2D eigenvalue weighted by Crippen LogP contribution is 2.57. The number of anilines is 3. The monoisotopic (exact) mass is 777 g/mol. The molecular formula is C59H39NO. The van der Waals surface area contributed by atoms with E-state index in [4.69, 9.17) is 4.42 Å². The summed E-state index contributed by atoms with van der Waals surface area (Å²) in [7, 11) is 0. The van der Waals surface area contributed by atoms with Crippen molar-refractivity contribution < 1.29 is 4.42 Å². The molecule has 0 atom stereocenters. The number of fused-ring (bicyclic) bond motifs is 8. The zero-order valence-corrected chi connectivity index (χ0v) is 33.4. The molecule has 1 aromatic heterocycles. The van der Waals surface area contributed by atoms with Crippen LogP contribution < -0.4 is 4.90 Å². The van der Waals surface area contributed by atoms with Gasteiger partial charge in [0, 0.05) is 38.7 Å². The molecule has 0 fully saturated rings. The van der Waals surface area contributed by atoms with Gasteiger partial charge in [-0.3, -0.25) is 0 Å². The lowest BCUT2D eigenvalue weighted by atomic mass is 9.67. The third kappa shape index (κ3) is 5.43. The largest absolute Gasteiger partial charge is 0.455 e.